The van der Waals surface area contributed by atoms with E-state index in [2.05, 4.69) is 16.0 Å². The fraction of sp³-hybridized carbons (Fsp3) is 0.737. The summed E-state index contributed by atoms with van der Waals surface area (Å²) < 4.78 is 0. The van der Waals surface area contributed by atoms with Gasteiger partial charge in [-0.25, -0.2) is 4.79 Å². The second kappa shape index (κ2) is 16.9. The molecule has 0 spiro atoms. The highest BCUT2D eigenvalue weighted by atomic mass is 16.4. The maximum absolute atomic E-state index is 12.5. The Balaban J connectivity index is 4.80. The SMILES string of the molecule is NCCCCC(NC(=O)CNC(=O)C(CCCCN)NC(=O)C(N)CCC(=O)O)C(=O)O. The number of unbranched alkanes of at least 4 members (excludes halogenated alkanes) is 2. The van der Waals surface area contributed by atoms with E-state index in [9.17, 15) is 29.1 Å². The van der Waals surface area contributed by atoms with Gasteiger partial charge in [-0.1, -0.05) is 0 Å². The van der Waals surface area contributed by atoms with Gasteiger partial charge in [0, 0.05) is 6.42 Å². The number of nitrogens with two attached hydrogens (primary N) is 3. The molecule has 0 bridgehead atoms. The standard InChI is InChI=1S/C19H36N6O7/c20-9-3-1-5-13(25-17(29)12(22)7-8-16(27)28)18(30)23-11-15(26)24-14(19(31)32)6-2-4-10-21/h12-14H,1-11,20-22H2,(H,23,30)(H,24,26)(H,25,29)(H,27,28)(H,31,32). The van der Waals surface area contributed by atoms with Gasteiger partial charge in [-0.15, -0.1) is 0 Å². The van der Waals surface area contributed by atoms with Crippen LogP contribution < -0.4 is 33.2 Å². The van der Waals surface area contributed by atoms with Crippen molar-refractivity contribution < 1.29 is 34.2 Å². The maximum Gasteiger partial charge on any atom is 0.326 e. The largest absolute Gasteiger partial charge is 0.481 e. The van der Waals surface area contributed by atoms with E-state index in [0.29, 0.717) is 38.8 Å². The van der Waals surface area contributed by atoms with Crippen LogP contribution in [0.2, 0.25) is 0 Å². The molecule has 0 aliphatic rings. The van der Waals surface area contributed by atoms with Crippen LogP contribution >= 0.6 is 0 Å². The molecule has 0 heterocycles. The zero-order valence-corrected chi connectivity index (χ0v) is 18.2. The van der Waals surface area contributed by atoms with Gasteiger partial charge in [0.2, 0.25) is 17.7 Å². The molecule has 0 fully saturated rings. The minimum Gasteiger partial charge on any atom is -0.481 e. The number of carboxylic acids is 2. The molecule has 0 aliphatic carbocycles. The Kier molecular flexibility index (Phi) is 15.4. The summed E-state index contributed by atoms with van der Waals surface area (Å²) in [6.45, 7) is 0.324. The topological polar surface area (TPSA) is 240 Å². The fourth-order valence-electron chi connectivity index (χ4n) is 2.74. The van der Waals surface area contributed by atoms with Gasteiger partial charge in [-0.05, 0) is 58.0 Å². The Bertz CT molecular complexity index is 631. The van der Waals surface area contributed by atoms with Crippen LogP contribution in [0.5, 0.6) is 0 Å². The molecule has 0 aromatic rings. The molecule has 13 heteroatoms. The predicted octanol–water partition coefficient (Wildman–Crippen LogP) is -2.39. The highest BCUT2D eigenvalue weighted by molar-refractivity contribution is 5.92. The van der Waals surface area contributed by atoms with E-state index in [4.69, 9.17) is 22.3 Å². The van der Waals surface area contributed by atoms with Gasteiger partial charge in [0.05, 0.1) is 12.6 Å². The molecule has 0 saturated carbocycles. The Hall–Kier alpha value is -2.77. The second-order valence-electron chi connectivity index (χ2n) is 7.35. The van der Waals surface area contributed by atoms with Crippen LogP contribution in [0.4, 0.5) is 0 Å². The molecule has 0 aliphatic heterocycles. The molecule has 32 heavy (non-hydrogen) atoms. The van der Waals surface area contributed by atoms with Crippen LogP contribution in [-0.2, 0) is 24.0 Å². The van der Waals surface area contributed by atoms with E-state index >= 15 is 0 Å². The van der Waals surface area contributed by atoms with Crippen LogP contribution in [-0.4, -0.2) is 77.6 Å². The number of aliphatic carboxylic acids is 2. The highest BCUT2D eigenvalue weighted by Crippen LogP contribution is 2.04. The van der Waals surface area contributed by atoms with Gasteiger partial charge >= 0.3 is 11.9 Å². The summed E-state index contributed by atoms with van der Waals surface area (Å²) in [6.07, 6.45) is 2.32. The molecule has 0 rings (SSSR count). The monoisotopic (exact) mass is 460 g/mol. The van der Waals surface area contributed by atoms with Crippen molar-refractivity contribution in [3.63, 3.8) is 0 Å². The molecule has 3 amide bonds. The van der Waals surface area contributed by atoms with Crippen molar-refractivity contribution in [1.82, 2.24) is 16.0 Å². The summed E-state index contributed by atoms with van der Waals surface area (Å²) in [5.74, 6) is -4.31. The summed E-state index contributed by atoms with van der Waals surface area (Å²) in [5.41, 5.74) is 16.5. The van der Waals surface area contributed by atoms with E-state index in [1.807, 2.05) is 0 Å². The number of hydrogen-bond acceptors (Lipinski definition) is 8. The van der Waals surface area contributed by atoms with Crippen molar-refractivity contribution in [2.24, 2.45) is 17.2 Å². The van der Waals surface area contributed by atoms with Crippen molar-refractivity contribution in [2.75, 3.05) is 19.6 Å². The summed E-state index contributed by atoms with van der Waals surface area (Å²) >= 11 is 0. The number of carbonyl (C=O) groups excluding carboxylic acids is 3. The lowest BCUT2D eigenvalue weighted by molar-refractivity contribution is -0.142. The molecule has 11 N–H and O–H groups in total. The summed E-state index contributed by atoms with van der Waals surface area (Å²) in [6, 6.07) is -3.21. The zero-order valence-electron chi connectivity index (χ0n) is 18.2. The van der Waals surface area contributed by atoms with Crippen LogP contribution in [0.15, 0.2) is 0 Å². The number of carbonyl (C=O) groups is 5. The number of rotatable bonds is 18. The van der Waals surface area contributed by atoms with E-state index in [1.54, 1.807) is 0 Å². The lowest BCUT2D eigenvalue weighted by atomic mass is 10.1. The van der Waals surface area contributed by atoms with Gasteiger partial charge in [-0.2, -0.15) is 0 Å². The van der Waals surface area contributed by atoms with E-state index in [1.165, 1.54) is 0 Å². The first kappa shape index (κ1) is 29.2. The summed E-state index contributed by atoms with van der Waals surface area (Å²) in [7, 11) is 0. The Morgan fingerprint density at radius 3 is 1.81 bits per heavy atom. The normalized spacial score (nSPS) is 13.5. The number of hydrogen-bond donors (Lipinski definition) is 8. The Morgan fingerprint density at radius 2 is 1.31 bits per heavy atom. The van der Waals surface area contributed by atoms with Gasteiger partial charge < -0.3 is 43.4 Å². The lowest BCUT2D eigenvalue weighted by Gasteiger charge is -2.21. The third-order valence-electron chi connectivity index (χ3n) is 4.59. The van der Waals surface area contributed by atoms with E-state index < -0.39 is 54.3 Å². The van der Waals surface area contributed by atoms with Crippen molar-refractivity contribution in [2.45, 2.75) is 69.5 Å². The minimum atomic E-state index is -1.19. The minimum absolute atomic E-state index is 0.0958. The lowest BCUT2D eigenvalue weighted by Crippen LogP contribution is -2.53. The third-order valence-corrected chi connectivity index (χ3v) is 4.59. The second-order valence-corrected chi connectivity index (χ2v) is 7.35. The molecule has 0 radical (unpaired) electrons. The number of amides is 3. The molecule has 0 aromatic heterocycles. The fourth-order valence-corrected chi connectivity index (χ4v) is 2.74. The Morgan fingerprint density at radius 1 is 0.750 bits per heavy atom. The van der Waals surface area contributed by atoms with Gasteiger partial charge in [0.25, 0.3) is 0 Å². The zero-order chi connectivity index (χ0) is 24.5. The van der Waals surface area contributed by atoms with E-state index in [0.717, 1.165) is 0 Å². The quantitative estimate of drug-likeness (QED) is 0.101. The van der Waals surface area contributed by atoms with Crippen molar-refractivity contribution >= 4 is 29.7 Å². The molecular formula is C19H36N6O7. The van der Waals surface area contributed by atoms with Crippen LogP contribution in [0.3, 0.4) is 0 Å². The van der Waals surface area contributed by atoms with Crippen molar-refractivity contribution in [3.05, 3.63) is 0 Å². The first-order valence-electron chi connectivity index (χ1n) is 10.6. The molecule has 13 nitrogen and oxygen atoms in total. The number of nitrogens with one attached hydrogen (secondary N) is 3. The first-order valence-corrected chi connectivity index (χ1v) is 10.6. The van der Waals surface area contributed by atoms with Crippen LogP contribution in [0.1, 0.15) is 51.4 Å². The van der Waals surface area contributed by atoms with E-state index in [-0.39, 0.29) is 25.7 Å². The van der Waals surface area contributed by atoms with Gasteiger partial charge in [-0.3, -0.25) is 19.2 Å². The molecule has 3 unspecified atom stereocenters. The van der Waals surface area contributed by atoms with Gasteiger partial charge in [0.15, 0.2) is 0 Å². The van der Waals surface area contributed by atoms with Crippen molar-refractivity contribution in [3.8, 4) is 0 Å². The maximum atomic E-state index is 12.5. The summed E-state index contributed by atoms with van der Waals surface area (Å²) in [4.78, 5) is 58.7. The van der Waals surface area contributed by atoms with Crippen LogP contribution in [0, 0.1) is 0 Å². The average Bonchev–Trinajstić information content (AvgIpc) is 2.74. The highest BCUT2D eigenvalue weighted by Gasteiger charge is 2.25. The summed E-state index contributed by atoms with van der Waals surface area (Å²) in [5, 5.41) is 25.1. The molecule has 0 aromatic carbocycles. The first-order chi connectivity index (χ1) is 15.1. The molecule has 0 saturated heterocycles. The van der Waals surface area contributed by atoms with Gasteiger partial charge in [0.1, 0.15) is 12.1 Å². The average molecular weight is 461 g/mol. The molecular weight excluding hydrogens is 424 g/mol. The molecule has 184 valence electrons. The smallest absolute Gasteiger partial charge is 0.326 e. The number of carboxylic acid groups (broad SMARTS) is 2. The van der Waals surface area contributed by atoms with Crippen molar-refractivity contribution in [1.29, 1.82) is 0 Å². The predicted molar refractivity (Wildman–Crippen MR) is 115 cm³/mol. The molecule has 3 atom stereocenters. The van der Waals surface area contributed by atoms with Crippen LogP contribution in [0.25, 0.3) is 0 Å². The third kappa shape index (κ3) is 13.5. The Labute approximate surface area is 186 Å².